The molecule has 3 heteroatoms. The second-order valence-electron chi connectivity index (χ2n) is 4.76. The normalized spacial score (nSPS) is 11.4. The number of hydrogen-bond acceptors (Lipinski definition) is 3. The smallest absolute Gasteiger partial charge is 0.119 e. The minimum Gasteiger partial charge on any atom is -0.497 e. The lowest BCUT2D eigenvalue weighted by Gasteiger charge is -2.08. The summed E-state index contributed by atoms with van der Waals surface area (Å²) in [6.45, 7) is 7.55. The number of nitrogens with one attached hydrogen (secondary N) is 1. The molecule has 1 aromatic carbocycles. The van der Waals surface area contributed by atoms with Crippen LogP contribution in [0.5, 0.6) is 5.75 Å². The lowest BCUT2D eigenvalue weighted by molar-refractivity contribution is 0.415. The Labute approximate surface area is 113 Å². The molecule has 2 nitrogen and oxygen atoms in total. The highest BCUT2D eigenvalue weighted by molar-refractivity contribution is 7.19. The highest BCUT2D eigenvalue weighted by Gasteiger charge is 2.11. The molecule has 0 unspecified atom stereocenters. The highest BCUT2D eigenvalue weighted by Crippen LogP contribution is 2.34. The van der Waals surface area contributed by atoms with Crippen molar-refractivity contribution in [3.05, 3.63) is 28.6 Å². The summed E-state index contributed by atoms with van der Waals surface area (Å²) in [7, 11) is 1.72. The Morgan fingerprint density at radius 3 is 2.72 bits per heavy atom. The Kier molecular flexibility index (Phi) is 4.25. The number of ether oxygens (including phenoxy) is 1. The van der Waals surface area contributed by atoms with Crippen molar-refractivity contribution in [3.63, 3.8) is 0 Å². The fraction of sp³-hybridized carbons (Fsp3) is 0.467. The lowest BCUT2D eigenvalue weighted by atomic mass is 10.1. The first-order chi connectivity index (χ1) is 8.65. The molecule has 18 heavy (non-hydrogen) atoms. The molecule has 0 aliphatic carbocycles. The summed E-state index contributed by atoms with van der Waals surface area (Å²) >= 11 is 1.89. The number of rotatable bonds is 5. The summed E-state index contributed by atoms with van der Waals surface area (Å²) in [5, 5.41) is 4.85. The monoisotopic (exact) mass is 263 g/mol. The molecular weight excluding hydrogens is 242 g/mol. The van der Waals surface area contributed by atoms with Crippen molar-refractivity contribution in [2.75, 3.05) is 7.11 Å². The van der Waals surface area contributed by atoms with Crippen LogP contribution in [-0.2, 0) is 13.0 Å². The van der Waals surface area contributed by atoms with Crippen LogP contribution >= 0.6 is 11.3 Å². The van der Waals surface area contributed by atoms with E-state index in [2.05, 4.69) is 38.2 Å². The minimum atomic E-state index is 0.523. The van der Waals surface area contributed by atoms with Gasteiger partial charge in [0.05, 0.1) is 7.11 Å². The van der Waals surface area contributed by atoms with Crippen molar-refractivity contribution in [1.29, 1.82) is 0 Å². The molecule has 0 aliphatic rings. The fourth-order valence-electron chi connectivity index (χ4n) is 2.13. The second kappa shape index (κ2) is 5.72. The second-order valence-corrected chi connectivity index (χ2v) is 5.89. The molecule has 0 atom stereocenters. The van der Waals surface area contributed by atoms with Gasteiger partial charge in [0.25, 0.3) is 0 Å². The van der Waals surface area contributed by atoms with E-state index in [1.54, 1.807) is 7.11 Å². The van der Waals surface area contributed by atoms with Gasteiger partial charge in [-0.3, -0.25) is 0 Å². The molecule has 1 aromatic heterocycles. The molecule has 2 rings (SSSR count). The Bertz CT molecular complexity index is 531. The molecule has 0 saturated carbocycles. The molecule has 0 aliphatic heterocycles. The van der Waals surface area contributed by atoms with Gasteiger partial charge in [0.1, 0.15) is 5.75 Å². The maximum atomic E-state index is 5.32. The fourth-order valence-corrected chi connectivity index (χ4v) is 3.36. The van der Waals surface area contributed by atoms with Crippen LogP contribution in [0.1, 0.15) is 31.2 Å². The number of aryl methyl sites for hydroxylation is 1. The number of thiophene rings is 1. The first-order valence-electron chi connectivity index (χ1n) is 6.47. The zero-order chi connectivity index (χ0) is 13.1. The van der Waals surface area contributed by atoms with Crippen LogP contribution < -0.4 is 10.1 Å². The van der Waals surface area contributed by atoms with E-state index >= 15 is 0 Å². The van der Waals surface area contributed by atoms with Crippen molar-refractivity contribution >= 4 is 21.4 Å². The predicted molar refractivity (Wildman–Crippen MR) is 79.7 cm³/mol. The third-order valence-corrected chi connectivity index (χ3v) is 4.32. The Morgan fingerprint density at radius 1 is 1.33 bits per heavy atom. The van der Waals surface area contributed by atoms with Crippen LogP contribution in [0.15, 0.2) is 18.2 Å². The molecule has 0 spiro atoms. The molecule has 98 valence electrons. The maximum absolute atomic E-state index is 5.32. The quantitative estimate of drug-likeness (QED) is 0.881. The first kappa shape index (κ1) is 13.4. The van der Waals surface area contributed by atoms with Gasteiger partial charge in [0, 0.05) is 22.2 Å². The number of methoxy groups -OCH3 is 1. The van der Waals surface area contributed by atoms with E-state index in [9.17, 15) is 0 Å². The standard InChI is InChI=1S/C15H21NOS/c1-5-12-13-8-11(17-4)6-7-14(13)18-15(12)9-16-10(2)3/h6-8,10,16H,5,9H2,1-4H3. The molecule has 0 fully saturated rings. The van der Waals surface area contributed by atoms with Gasteiger partial charge >= 0.3 is 0 Å². The van der Waals surface area contributed by atoms with Gasteiger partial charge < -0.3 is 10.1 Å². The largest absolute Gasteiger partial charge is 0.497 e. The lowest BCUT2D eigenvalue weighted by Crippen LogP contribution is -2.21. The first-order valence-corrected chi connectivity index (χ1v) is 7.29. The van der Waals surface area contributed by atoms with Crippen molar-refractivity contribution in [1.82, 2.24) is 5.32 Å². The molecule has 2 aromatic rings. The number of fused-ring (bicyclic) bond motifs is 1. The zero-order valence-corrected chi connectivity index (χ0v) is 12.4. The van der Waals surface area contributed by atoms with Crippen LogP contribution in [0.2, 0.25) is 0 Å². The molecule has 0 amide bonds. The van der Waals surface area contributed by atoms with Crippen molar-refractivity contribution in [2.45, 2.75) is 39.8 Å². The Balaban J connectivity index is 2.41. The van der Waals surface area contributed by atoms with E-state index in [1.807, 2.05) is 17.4 Å². The van der Waals surface area contributed by atoms with Crippen LogP contribution in [-0.4, -0.2) is 13.2 Å². The Hall–Kier alpha value is -1.06. The highest BCUT2D eigenvalue weighted by atomic mass is 32.1. The topological polar surface area (TPSA) is 21.3 Å². The third-order valence-electron chi connectivity index (χ3n) is 3.11. The van der Waals surface area contributed by atoms with Crippen LogP contribution in [0.4, 0.5) is 0 Å². The summed E-state index contributed by atoms with van der Waals surface area (Å²) in [5.74, 6) is 0.943. The van der Waals surface area contributed by atoms with Crippen molar-refractivity contribution < 1.29 is 4.74 Å². The average Bonchev–Trinajstić information content (AvgIpc) is 2.72. The van der Waals surface area contributed by atoms with Gasteiger partial charge in [0.15, 0.2) is 0 Å². The van der Waals surface area contributed by atoms with Crippen molar-refractivity contribution in [3.8, 4) is 5.75 Å². The van der Waals surface area contributed by atoms with Gasteiger partial charge in [-0.25, -0.2) is 0 Å². The van der Waals surface area contributed by atoms with E-state index < -0.39 is 0 Å². The summed E-state index contributed by atoms with van der Waals surface area (Å²) < 4.78 is 6.67. The van der Waals surface area contributed by atoms with Crippen LogP contribution in [0.25, 0.3) is 10.1 Å². The maximum Gasteiger partial charge on any atom is 0.119 e. The molecule has 0 radical (unpaired) electrons. The summed E-state index contributed by atoms with van der Waals surface area (Å²) in [4.78, 5) is 1.45. The molecular formula is C15H21NOS. The van der Waals surface area contributed by atoms with Crippen LogP contribution in [0, 0.1) is 0 Å². The third kappa shape index (κ3) is 2.68. The minimum absolute atomic E-state index is 0.523. The van der Waals surface area contributed by atoms with Gasteiger partial charge in [-0.1, -0.05) is 20.8 Å². The summed E-state index contributed by atoms with van der Waals surface area (Å²) in [6.07, 6.45) is 1.07. The molecule has 1 N–H and O–H groups in total. The van der Waals surface area contributed by atoms with Gasteiger partial charge in [-0.15, -0.1) is 11.3 Å². The molecule has 1 heterocycles. The van der Waals surface area contributed by atoms with Gasteiger partial charge in [-0.05, 0) is 35.6 Å². The van der Waals surface area contributed by atoms with E-state index in [0.717, 1.165) is 18.7 Å². The van der Waals surface area contributed by atoms with E-state index in [1.165, 1.54) is 20.5 Å². The number of hydrogen-bond donors (Lipinski definition) is 1. The molecule has 0 bridgehead atoms. The summed E-state index contributed by atoms with van der Waals surface area (Å²) in [6, 6.07) is 6.88. The SMILES string of the molecule is CCc1c(CNC(C)C)sc2ccc(OC)cc12. The predicted octanol–water partition coefficient (Wildman–Crippen LogP) is 3.97. The van der Waals surface area contributed by atoms with Crippen molar-refractivity contribution in [2.24, 2.45) is 0 Å². The zero-order valence-electron chi connectivity index (χ0n) is 11.5. The Morgan fingerprint density at radius 2 is 2.11 bits per heavy atom. The van der Waals surface area contributed by atoms with E-state index in [-0.39, 0.29) is 0 Å². The van der Waals surface area contributed by atoms with Crippen LogP contribution in [0.3, 0.4) is 0 Å². The van der Waals surface area contributed by atoms with E-state index in [4.69, 9.17) is 4.74 Å². The van der Waals surface area contributed by atoms with Gasteiger partial charge in [-0.2, -0.15) is 0 Å². The van der Waals surface area contributed by atoms with E-state index in [0.29, 0.717) is 6.04 Å². The van der Waals surface area contributed by atoms with Gasteiger partial charge in [0.2, 0.25) is 0 Å². The number of benzene rings is 1. The summed E-state index contributed by atoms with van der Waals surface area (Å²) in [5.41, 5.74) is 1.46. The molecule has 0 saturated heterocycles. The average molecular weight is 263 g/mol.